The van der Waals surface area contributed by atoms with Gasteiger partial charge in [-0.1, -0.05) is 0 Å². The van der Waals surface area contributed by atoms with Gasteiger partial charge in [0, 0.05) is 0 Å². The first-order valence-corrected chi connectivity index (χ1v) is 20.0. The molecule has 0 aliphatic rings. The first-order valence-electron chi connectivity index (χ1n) is 4.12. The summed E-state index contributed by atoms with van der Waals surface area (Å²) in [7, 11) is 15.5. The molecule has 12 heavy (non-hydrogen) atoms. The smallest absolute Gasteiger partial charge is 0.0149 e. The third-order valence-corrected chi connectivity index (χ3v) is 7.15. The second-order valence-corrected chi connectivity index (χ2v) is 38.7. The SMILES string of the molecule is CN(C)C(=O)[CH2][Zn]([CH3])([CH3])([Cl])[Cl].[SiH4]. The van der Waals surface area contributed by atoms with Gasteiger partial charge in [-0.15, -0.1) is 0 Å². The summed E-state index contributed by atoms with van der Waals surface area (Å²) in [6.45, 7) is 0. The molecule has 0 radical (unpaired) electrons. The van der Waals surface area contributed by atoms with E-state index in [2.05, 4.69) is 0 Å². The molecular weight excluding hydrogens is 266 g/mol. The van der Waals surface area contributed by atoms with Gasteiger partial charge in [0.2, 0.25) is 0 Å². The van der Waals surface area contributed by atoms with E-state index in [1.54, 1.807) is 14.1 Å². The molecule has 0 N–H and O–H groups in total. The fourth-order valence-corrected chi connectivity index (χ4v) is 5.90. The molecule has 0 saturated heterocycles. The summed E-state index contributed by atoms with van der Waals surface area (Å²) in [6.07, 6.45) is 0. The molecule has 0 aromatic rings. The third-order valence-electron chi connectivity index (χ3n) is 1.40. The minimum Gasteiger partial charge on any atom is -0.0149 e. The number of rotatable bonds is 2. The summed E-state index contributed by atoms with van der Waals surface area (Å²) >= 11 is -3.57. The molecular formula is C6H18Cl2NOSiZn. The first kappa shape index (κ1) is 15.4. The van der Waals surface area contributed by atoms with E-state index in [9.17, 15) is 4.79 Å². The molecule has 0 aliphatic carbocycles. The van der Waals surface area contributed by atoms with E-state index in [0.29, 0.717) is 5.02 Å². The topological polar surface area (TPSA) is 20.3 Å². The van der Waals surface area contributed by atoms with Crippen LogP contribution in [0.15, 0.2) is 0 Å². The van der Waals surface area contributed by atoms with Gasteiger partial charge < -0.3 is 0 Å². The molecule has 0 aromatic carbocycles. The second-order valence-electron chi connectivity index (χ2n) is 4.79. The molecule has 73 valence electrons. The van der Waals surface area contributed by atoms with Crippen LogP contribution < -0.4 is 0 Å². The Morgan fingerprint density at radius 1 is 1.33 bits per heavy atom. The summed E-state index contributed by atoms with van der Waals surface area (Å²) < 4.78 is 0. The summed E-state index contributed by atoms with van der Waals surface area (Å²) in [5, 5.41) is 0.338. The molecule has 0 spiro atoms. The Morgan fingerprint density at radius 3 is 1.75 bits per heavy atom. The van der Waals surface area contributed by atoms with Gasteiger partial charge in [0.05, 0.1) is 0 Å². The monoisotopic (exact) mass is 282 g/mol. The molecule has 0 atom stereocenters. The van der Waals surface area contributed by atoms with Crippen molar-refractivity contribution in [3.8, 4) is 0 Å². The maximum Gasteiger partial charge on any atom is -0.0149 e. The first-order chi connectivity index (χ1) is 4.58. The van der Waals surface area contributed by atoms with Gasteiger partial charge in [-0.25, -0.2) is 0 Å². The number of hydrogen-bond acceptors (Lipinski definition) is 1. The van der Waals surface area contributed by atoms with Crippen LogP contribution in [0.2, 0.25) is 16.1 Å². The molecule has 2 nitrogen and oxygen atoms in total. The van der Waals surface area contributed by atoms with Crippen LogP contribution in [-0.4, -0.2) is 35.9 Å². The maximum absolute atomic E-state index is 11.2. The zero-order chi connectivity index (χ0) is 9.31. The van der Waals surface area contributed by atoms with E-state index in [4.69, 9.17) is 19.4 Å². The zero-order valence-electron chi connectivity index (χ0n) is 7.53. The fraction of sp³-hybridized carbons (Fsp3) is 0.833. The van der Waals surface area contributed by atoms with Gasteiger partial charge in [-0.3, -0.25) is 0 Å². The van der Waals surface area contributed by atoms with Crippen molar-refractivity contribution < 1.29 is 16.4 Å². The van der Waals surface area contributed by atoms with Crippen molar-refractivity contribution in [2.75, 3.05) is 14.1 Å². The van der Waals surface area contributed by atoms with Gasteiger partial charge in [0.25, 0.3) is 0 Å². The predicted octanol–water partition coefficient (Wildman–Crippen LogP) is 1.13. The molecule has 0 unspecified atom stereocenters. The van der Waals surface area contributed by atoms with Crippen molar-refractivity contribution in [3.63, 3.8) is 0 Å². The van der Waals surface area contributed by atoms with E-state index in [1.165, 1.54) is 4.90 Å². The van der Waals surface area contributed by atoms with E-state index >= 15 is 0 Å². The molecule has 6 heteroatoms. The number of carbonyl (C=O) groups excluding carboxylic acids is 1. The van der Waals surface area contributed by atoms with E-state index in [0.717, 1.165) is 0 Å². The Morgan fingerprint density at radius 2 is 1.67 bits per heavy atom. The molecule has 0 aliphatic heterocycles. The predicted molar refractivity (Wildman–Crippen MR) is 58.3 cm³/mol. The number of nitrogens with zero attached hydrogens (tertiary/aromatic N) is 1. The number of halogens is 2. The standard InChI is InChI=1S/C4H8NO.2CH3.2ClH.H4Si.Zn/c1-4(6)5(2)3;;;;;;/h1H2,2-3H3;2*1H3;2*1H;1H4;/q;;;;;;+2/p-2. The number of carbonyl (C=O) groups is 1. The molecule has 0 heterocycles. The van der Waals surface area contributed by atoms with Crippen molar-refractivity contribution in [1.29, 1.82) is 0 Å². The second kappa shape index (κ2) is 4.41. The maximum atomic E-state index is 11.2. The Balaban J connectivity index is 0. The molecule has 0 saturated carbocycles. The van der Waals surface area contributed by atoms with Gasteiger partial charge in [-0.2, -0.15) is 0 Å². The summed E-state index contributed by atoms with van der Waals surface area (Å²) in [6, 6.07) is 0. The van der Waals surface area contributed by atoms with Crippen LogP contribution >= 0.6 is 19.4 Å². The summed E-state index contributed by atoms with van der Waals surface area (Å²) in [4.78, 5) is 12.7. The van der Waals surface area contributed by atoms with Gasteiger partial charge >= 0.3 is 76.7 Å². The molecule has 0 fully saturated rings. The van der Waals surface area contributed by atoms with Crippen LogP contribution in [0, 0.1) is 0 Å². The Bertz CT molecular complexity index is 169. The van der Waals surface area contributed by atoms with Crippen LogP contribution in [-0.2, 0) is 16.4 Å². The quantitative estimate of drug-likeness (QED) is 0.696. The number of amides is 1. The van der Waals surface area contributed by atoms with Gasteiger partial charge in [-0.05, 0) is 11.0 Å². The molecule has 0 rings (SSSR count). The van der Waals surface area contributed by atoms with Crippen LogP contribution in [0.4, 0.5) is 0 Å². The third kappa shape index (κ3) is 8.98. The van der Waals surface area contributed by atoms with Crippen LogP contribution in [0.3, 0.4) is 0 Å². The van der Waals surface area contributed by atoms with Gasteiger partial charge in [0.1, 0.15) is 0 Å². The fourth-order valence-electron chi connectivity index (χ4n) is 0.813. The average molecular weight is 285 g/mol. The van der Waals surface area contributed by atoms with Crippen molar-refractivity contribution in [2.45, 2.75) is 16.1 Å². The van der Waals surface area contributed by atoms with Crippen molar-refractivity contribution in [3.05, 3.63) is 0 Å². The summed E-state index contributed by atoms with van der Waals surface area (Å²) in [5.74, 6) is 0.0222. The van der Waals surface area contributed by atoms with Crippen molar-refractivity contribution in [2.24, 2.45) is 0 Å². The van der Waals surface area contributed by atoms with Crippen LogP contribution in [0.5, 0.6) is 0 Å². The zero-order valence-corrected chi connectivity index (χ0v) is 12.0. The molecule has 1 amide bonds. The molecule has 0 aromatic heterocycles. The molecule has 0 bridgehead atoms. The summed E-state index contributed by atoms with van der Waals surface area (Å²) in [5.41, 5.74) is 3.66. The van der Waals surface area contributed by atoms with Crippen LogP contribution in [0.25, 0.3) is 0 Å². The minimum atomic E-state index is -3.57. The van der Waals surface area contributed by atoms with Crippen molar-refractivity contribution in [1.82, 2.24) is 4.90 Å². The minimum absolute atomic E-state index is 0. The Labute approximate surface area is 87.4 Å². The van der Waals surface area contributed by atoms with E-state index < -0.39 is 11.6 Å². The normalized spacial score (nSPS) is 11.9. The Hall–Kier alpha value is 0.890. The Kier molecular flexibility index (Phi) is 5.64. The van der Waals surface area contributed by atoms with Crippen molar-refractivity contribution >= 4 is 36.3 Å². The average Bonchev–Trinajstić information content (AvgIpc) is 1.57. The largest absolute Gasteiger partial charge is 0.0149 e. The van der Waals surface area contributed by atoms with E-state index in [-0.39, 0.29) is 16.9 Å². The van der Waals surface area contributed by atoms with Crippen LogP contribution in [0.1, 0.15) is 0 Å². The van der Waals surface area contributed by atoms with Gasteiger partial charge in [0.15, 0.2) is 0 Å². The number of hydrogen-bond donors (Lipinski definition) is 0. The van der Waals surface area contributed by atoms with E-state index in [1.807, 2.05) is 11.0 Å².